The lowest BCUT2D eigenvalue weighted by Gasteiger charge is -2.14. The van der Waals surface area contributed by atoms with Gasteiger partial charge in [-0.25, -0.2) is 4.98 Å². The highest BCUT2D eigenvalue weighted by Gasteiger charge is 2.18. The van der Waals surface area contributed by atoms with Crippen LogP contribution in [-0.2, 0) is 6.54 Å². The average molecular weight is 231 g/mol. The Balaban J connectivity index is 2.40. The molecule has 2 rings (SSSR count). The molecule has 0 fully saturated rings. The summed E-state index contributed by atoms with van der Waals surface area (Å²) in [6.07, 6.45) is 2.87. The molecule has 4 heteroatoms. The second-order valence-electron chi connectivity index (χ2n) is 4.10. The Labute approximate surface area is 101 Å². The van der Waals surface area contributed by atoms with E-state index >= 15 is 0 Å². The Bertz CT molecular complexity index is 519. The summed E-state index contributed by atoms with van der Waals surface area (Å²) >= 11 is 0. The number of imidazole rings is 1. The van der Waals surface area contributed by atoms with Gasteiger partial charge in [-0.1, -0.05) is 6.07 Å². The molecule has 0 bridgehead atoms. The van der Waals surface area contributed by atoms with Crippen molar-refractivity contribution in [1.82, 2.24) is 14.5 Å². The van der Waals surface area contributed by atoms with E-state index in [1.54, 1.807) is 6.20 Å². The summed E-state index contributed by atoms with van der Waals surface area (Å²) in [5.74, 6) is 0.668. The zero-order valence-corrected chi connectivity index (χ0v) is 10.4. The Kier molecular flexibility index (Phi) is 3.24. The second kappa shape index (κ2) is 4.67. The Morgan fingerprint density at radius 1 is 1.35 bits per heavy atom. The molecular weight excluding hydrogens is 214 g/mol. The first-order valence-corrected chi connectivity index (χ1v) is 5.76. The number of aliphatic hydroxyl groups is 1. The number of hydrogen-bond acceptors (Lipinski definition) is 3. The summed E-state index contributed by atoms with van der Waals surface area (Å²) < 4.78 is 1.93. The largest absolute Gasteiger partial charge is 0.380 e. The smallest absolute Gasteiger partial charge is 0.142 e. The Morgan fingerprint density at radius 2 is 2.12 bits per heavy atom. The number of pyridine rings is 1. The van der Waals surface area contributed by atoms with Crippen LogP contribution in [-0.4, -0.2) is 19.6 Å². The van der Waals surface area contributed by atoms with Crippen LogP contribution in [0.4, 0.5) is 0 Å². The van der Waals surface area contributed by atoms with E-state index in [0.717, 1.165) is 23.5 Å². The lowest BCUT2D eigenvalue weighted by molar-refractivity contribution is 0.203. The molecule has 0 aliphatic rings. The van der Waals surface area contributed by atoms with E-state index in [1.165, 1.54) is 0 Å². The van der Waals surface area contributed by atoms with Crippen molar-refractivity contribution in [3.8, 4) is 0 Å². The third kappa shape index (κ3) is 2.22. The molecular formula is C13H17N3O. The summed E-state index contributed by atoms with van der Waals surface area (Å²) in [6, 6.07) is 3.82. The molecule has 2 heterocycles. The Morgan fingerprint density at radius 3 is 2.76 bits per heavy atom. The van der Waals surface area contributed by atoms with Gasteiger partial charge in [-0.2, -0.15) is 0 Å². The number of nitrogens with zero attached hydrogens (tertiary/aromatic N) is 3. The molecule has 0 amide bonds. The third-order valence-electron chi connectivity index (χ3n) is 2.89. The van der Waals surface area contributed by atoms with Crippen molar-refractivity contribution in [1.29, 1.82) is 0 Å². The minimum Gasteiger partial charge on any atom is -0.380 e. The van der Waals surface area contributed by atoms with Crippen LogP contribution in [0.2, 0.25) is 0 Å². The van der Waals surface area contributed by atoms with Crippen molar-refractivity contribution < 1.29 is 5.11 Å². The highest BCUT2D eigenvalue weighted by molar-refractivity contribution is 5.28. The molecule has 0 saturated heterocycles. The SMILES string of the molecule is CCn1ccnc1C(O)c1ccc(C)nc1C. The monoisotopic (exact) mass is 231 g/mol. The summed E-state index contributed by atoms with van der Waals surface area (Å²) in [4.78, 5) is 8.58. The van der Waals surface area contributed by atoms with Crippen molar-refractivity contribution >= 4 is 0 Å². The zero-order valence-electron chi connectivity index (χ0n) is 10.4. The molecule has 0 aliphatic carbocycles. The molecule has 90 valence electrons. The molecule has 2 aromatic heterocycles. The van der Waals surface area contributed by atoms with Crippen LogP contribution in [0, 0.1) is 13.8 Å². The number of hydrogen-bond donors (Lipinski definition) is 1. The van der Waals surface area contributed by atoms with Crippen molar-refractivity contribution in [3.05, 3.63) is 47.3 Å². The van der Waals surface area contributed by atoms with Gasteiger partial charge >= 0.3 is 0 Å². The van der Waals surface area contributed by atoms with Gasteiger partial charge in [0, 0.05) is 35.9 Å². The molecule has 4 nitrogen and oxygen atoms in total. The van der Waals surface area contributed by atoms with Crippen LogP contribution in [0.25, 0.3) is 0 Å². The van der Waals surface area contributed by atoms with Crippen molar-refractivity contribution in [2.45, 2.75) is 33.4 Å². The first-order valence-electron chi connectivity index (χ1n) is 5.76. The minimum absolute atomic E-state index is 0.668. The van der Waals surface area contributed by atoms with E-state index in [2.05, 4.69) is 9.97 Å². The molecule has 1 unspecified atom stereocenters. The first-order chi connectivity index (χ1) is 8.13. The van der Waals surface area contributed by atoms with Gasteiger partial charge in [0.1, 0.15) is 11.9 Å². The fourth-order valence-electron chi connectivity index (χ4n) is 1.96. The van der Waals surface area contributed by atoms with Crippen LogP contribution in [0.15, 0.2) is 24.5 Å². The molecule has 2 aromatic rings. The molecule has 1 N–H and O–H groups in total. The van der Waals surface area contributed by atoms with Gasteiger partial charge in [0.05, 0.1) is 0 Å². The van der Waals surface area contributed by atoms with Gasteiger partial charge in [0.2, 0.25) is 0 Å². The first kappa shape index (κ1) is 11.8. The van der Waals surface area contributed by atoms with E-state index in [9.17, 15) is 5.11 Å². The number of aliphatic hydroxyl groups excluding tert-OH is 1. The normalized spacial score (nSPS) is 12.7. The fourth-order valence-corrected chi connectivity index (χ4v) is 1.96. The standard InChI is InChI=1S/C13H17N3O/c1-4-16-8-7-14-13(16)12(17)11-6-5-9(2)15-10(11)3/h5-8,12,17H,4H2,1-3H3. The van der Waals surface area contributed by atoms with Crippen molar-refractivity contribution in [2.24, 2.45) is 0 Å². The van der Waals surface area contributed by atoms with E-state index in [4.69, 9.17) is 0 Å². The van der Waals surface area contributed by atoms with E-state index in [0.29, 0.717) is 5.82 Å². The minimum atomic E-state index is -0.710. The quantitative estimate of drug-likeness (QED) is 0.879. The maximum absolute atomic E-state index is 10.3. The molecule has 1 atom stereocenters. The van der Waals surface area contributed by atoms with Gasteiger partial charge in [0.15, 0.2) is 0 Å². The summed E-state index contributed by atoms with van der Waals surface area (Å²) in [5, 5.41) is 10.3. The lowest BCUT2D eigenvalue weighted by atomic mass is 10.1. The van der Waals surface area contributed by atoms with E-state index in [-0.39, 0.29) is 0 Å². The van der Waals surface area contributed by atoms with Gasteiger partial charge in [-0.3, -0.25) is 4.98 Å². The molecule has 0 aromatic carbocycles. The molecule has 0 aliphatic heterocycles. The van der Waals surface area contributed by atoms with Gasteiger partial charge in [-0.15, -0.1) is 0 Å². The highest BCUT2D eigenvalue weighted by Crippen LogP contribution is 2.22. The van der Waals surface area contributed by atoms with Crippen molar-refractivity contribution in [3.63, 3.8) is 0 Å². The highest BCUT2D eigenvalue weighted by atomic mass is 16.3. The third-order valence-corrected chi connectivity index (χ3v) is 2.89. The van der Waals surface area contributed by atoms with Crippen LogP contribution >= 0.6 is 0 Å². The molecule has 0 saturated carbocycles. The van der Waals surface area contributed by atoms with Crippen LogP contribution < -0.4 is 0 Å². The number of rotatable bonds is 3. The predicted octanol–water partition coefficient (Wildman–Crippen LogP) is 2.00. The van der Waals surface area contributed by atoms with E-state index in [1.807, 2.05) is 43.7 Å². The second-order valence-corrected chi connectivity index (χ2v) is 4.10. The van der Waals surface area contributed by atoms with Crippen LogP contribution in [0.5, 0.6) is 0 Å². The molecule has 0 spiro atoms. The maximum Gasteiger partial charge on any atom is 0.142 e. The Hall–Kier alpha value is -1.68. The molecule has 0 radical (unpaired) electrons. The van der Waals surface area contributed by atoms with E-state index < -0.39 is 6.10 Å². The molecule has 17 heavy (non-hydrogen) atoms. The van der Waals surface area contributed by atoms with Crippen LogP contribution in [0.3, 0.4) is 0 Å². The van der Waals surface area contributed by atoms with Gasteiger partial charge in [0.25, 0.3) is 0 Å². The predicted molar refractivity (Wildman–Crippen MR) is 65.7 cm³/mol. The summed E-state index contributed by atoms with van der Waals surface area (Å²) in [5.41, 5.74) is 2.62. The zero-order chi connectivity index (χ0) is 12.4. The fraction of sp³-hybridized carbons (Fsp3) is 0.385. The summed E-state index contributed by atoms with van der Waals surface area (Å²) in [7, 11) is 0. The maximum atomic E-state index is 10.3. The summed E-state index contributed by atoms with van der Waals surface area (Å²) in [6.45, 7) is 6.67. The average Bonchev–Trinajstić information content (AvgIpc) is 2.76. The van der Waals surface area contributed by atoms with Gasteiger partial charge in [-0.05, 0) is 26.8 Å². The number of aromatic nitrogens is 3. The topological polar surface area (TPSA) is 50.9 Å². The van der Waals surface area contributed by atoms with Gasteiger partial charge < -0.3 is 9.67 Å². The van der Waals surface area contributed by atoms with Crippen LogP contribution in [0.1, 0.15) is 35.8 Å². The lowest BCUT2D eigenvalue weighted by Crippen LogP contribution is -2.11. The number of aryl methyl sites for hydroxylation is 3. The van der Waals surface area contributed by atoms with Crippen molar-refractivity contribution in [2.75, 3.05) is 0 Å².